The lowest BCUT2D eigenvalue weighted by Gasteiger charge is -2.27. The highest BCUT2D eigenvalue weighted by molar-refractivity contribution is 5.94. The van der Waals surface area contributed by atoms with Crippen LogP contribution in [-0.4, -0.2) is 43.7 Å². The molecular weight excluding hydrogens is 331 g/mol. The monoisotopic (exact) mass is 356 g/mol. The zero-order valence-electron chi connectivity index (χ0n) is 15.1. The minimum Gasteiger partial charge on any atom is -0.377 e. The number of halogens is 1. The second-order valence-electron chi connectivity index (χ2n) is 6.72. The highest BCUT2D eigenvalue weighted by Gasteiger charge is 2.22. The predicted molar refractivity (Wildman–Crippen MR) is 101 cm³/mol. The van der Waals surface area contributed by atoms with Gasteiger partial charge in [0.05, 0.1) is 12.6 Å². The van der Waals surface area contributed by atoms with E-state index in [1.807, 2.05) is 41.3 Å². The normalized spacial score (nSPS) is 16.8. The maximum atomic E-state index is 13.5. The van der Waals surface area contributed by atoms with Crippen LogP contribution in [-0.2, 0) is 16.1 Å². The molecule has 1 fully saturated rings. The first-order valence-corrected chi connectivity index (χ1v) is 9.02. The third kappa shape index (κ3) is 5.13. The van der Waals surface area contributed by atoms with Crippen molar-refractivity contribution in [1.82, 2.24) is 4.90 Å². The molecule has 138 valence electrons. The minimum atomic E-state index is -0.257. The van der Waals surface area contributed by atoms with Gasteiger partial charge in [-0.15, -0.1) is 0 Å². The second-order valence-corrected chi connectivity index (χ2v) is 6.72. The van der Waals surface area contributed by atoms with E-state index >= 15 is 0 Å². The van der Waals surface area contributed by atoms with Gasteiger partial charge in [0.2, 0.25) is 5.91 Å². The summed E-state index contributed by atoms with van der Waals surface area (Å²) in [6, 6.07) is 16.1. The van der Waals surface area contributed by atoms with Crippen molar-refractivity contribution in [2.45, 2.75) is 25.5 Å². The summed E-state index contributed by atoms with van der Waals surface area (Å²) >= 11 is 0. The standard InChI is InChI=1S/C21H25FN2O2/c1-23(19-9-3-2-4-10-19)21(25)16-24(15-20-11-6-12-26-20)14-17-7-5-8-18(22)13-17/h2-5,7-10,13,20H,6,11-12,14-16H2,1H3. The van der Waals surface area contributed by atoms with E-state index in [9.17, 15) is 9.18 Å². The van der Waals surface area contributed by atoms with Crippen LogP contribution in [0.1, 0.15) is 18.4 Å². The Labute approximate surface area is 154 Å². The van der Waals surface area contributed by atoms with Crippen LogP contribution in [0.5, 0.6) is 0 Å². The molecule has 1 heterocycles. The van der Waals surface area contributed by atoms with Crippen molar-refractivity contribution in [2.24, 2.45) is 0 Å². The summed E-state index contributed by atoms with van der Waals surface area (Å²) in [4.78, 5) is 16.5. The average molecular weight is 356 g/mol. The zero-order valence-corrected chi connectivity index (χ0v) is 15.1. The summed E-state index contributed by atoms with van der Waals surface area (Å²) in [5, 5.41) is 0. The van der Waals surface area contributed by atoms with Gasteiger partial charge in [0.25, 0.3) is 0 Å². The van der Waals surface area contributed by atoms with Crippen LogP contribution >= 0.6 is 0 Å². The van der Waals surface area contributed by atoms with Gasteiger partial charge in [0.15, 0.2) is 0 Å². The molecule has 1 saturated heterocycles. The van der Waals surface area contributed by atoms with Crippen LogP contribution in [0.4, 0.5) is 10.1 Å². The highest BCUT2D eigenvalue weighted by atomic mass is 19.1. The fourth-order valence-corrected chi connectivity index (χ4v) is 3.25. The van der Waals surface area contributed by atoms with Crippen molar-refractivity contribution in [3.8, 4) is 0 Å². The Morgan fingerprint density at radius 3 is 2.69 bits per heavy atom. The fourth-order valence-electron chi connectivity index (χ4n) is 3.25. The van der Waals surface area contributed by atoms with Gasteiger partial charge in [0, 0.05) is 32.4 Å². The van der Waals surface area contributed by atoms with Crippen LogP contribution in [0.3, 0.4) is 0 Å². The lowest BCUT2D eigenvalue weighted by atomic mass is 10.1. The molecule has 0 N–H and O–H groups in total. The van der Waals surface area contributed by atoms with E-state index in [0.717, 1.165) is 30.7 Å². The fraction of sp³-hybridized carbons (Fsp3) is 0.381. The number of amides is 1. The molecule has 5 heteroatoms. The van der Waals surface area contributed by atoms with Crippen LogP contribution in [0.25, 0.3) is 0 Å². The van der Waals surface area contributed by atoms with Crippen molar-refractivity contribution >= 4 is 11.6 Å². The maximum Gasteiger partial charge on any atom is 0.240 e. The molecule has 2 aromatic rings. The van der Waals surface area contributed by atoms with E-state index in [2.05, 4.69) is 0 Å². The van der Waals surface area contributed by atoms with E-state index in [0.29, 0.717) is 13.1 Å². The maximum absolute atomic E-state index is 13.5. The Morgan fingerprint density at radius 2 is 2.00 bits per heavy atom. The lowest BCUT2D eigenvalue weighted by molar-refractivity contribution is -0.119. The van der Waals surface area contributed by atoms with Crippen molar-refractivity contribution < 1.29 is 13.9 Å². The Bertz CT molecular complexity index is 717. The largest absolute Gasteiger partial charge is 0.377 e. The molecule has 1 unspecified atom stereocenters. The number of carbonyl (C=O) groups excluding carboxylic acids is 1. The zero-order chi connectivity index (χ0) is 18.4. The molecule has 1 atom stereocenters. The van der Waals surface area contributed by atoms with Gasteiger partial charge in [-0.05, 0) is 42.7 Å². The van der Waals surface area contributed by atoms with E-state index in [-0.39, 0.29) is 24.4 Å². The summed E-state index contributed by atoms with van der Waals surface area (Å²) in [6.07, 6.45) is 2.19. The third-order valence-corrected chi connectivity index (χ3v) is 4.66. The number of likely N-dealkylation sites (N-methyl/N-ethyl adjacent to an activating group) is 1. The van der Waals surface area contributed by atoms with Gasteiger partial charge in [-0.25, -0.2) is 4.39 Å². The number of hydrogen-bond donors (Lipinski definition) is 0. The van der Waals surface area contributed by atoms with Crippen LogP contribution in [0.2, 0.25) is 0 Å². The first kappa shape index (κ1) is 18.5. The summed E-state index contributed by atoms with van der Waals surface area (Å²) in [5.41, 5.74) is 1.72. The van der Waals surface area contributed by atoms with E-state index in [1.165, 1.54) is 12.1 Å². The molecule has 2 aromatic carbocycles. The molecule has 3 rings (SSSR count). The smallest absolute Gasteiger partial charge is 0.240 e. The predicted octanol–water partition coefficient (Wildman–Crippen LogP) is 3.47. The Hall–Kier alpha value is -2.24. The van der Waals surface area contributed by atoms with Gasteiger partial charge in [-0.2, -0.15) is 0 Å². The van der Waals surface area contributed by atoms with E-state index < -0.39 is 0 Å². The molecule has 0 spiro atoms. The highest BCUT2D eigenvalue weighted by Crippen LogP contribution is 2.17. The molecule has 1 aliphatic heterocycles. The van der Waals surface area contributed by atoms with Gasteiger partial charge in [-0.1, -0.05) is 30.3 Å². The number of ether oxygens (including phenoxy) is 1. The molecule has 26 heavy (non-hydrogen) atoms. The summed E-state index contributed by atoms with van der Waals surface area (Å²) < 4.78 is 19.2. The SMILES string of the molecule is CN(C(=O)CN(Cc1cccc(F)c1)CC1CCCO1)c1ccccc1. The van der Waals surface area contributed by atoms with Crippen LogP contribution in [0, 0.1) is 5.82 Å². The van der Waals surface area contributed by atoms with Crippen LogP contribution in [0.15, 0.2) is 54.6 Å². The molecule has 0 saturated carbocycles. The lowest BCUT2D eigenvalue weighted by Crippen LogP contribution is -2.41. The van der Waals surface area contributed by atoms with Gasteiger partial charge < -0.3 is 9.64 Å². The number of hydrogen-bond acceptors (Lipinski definition) is 3. The average Bonchev–Trinajstić information content (AvgIpc) is 3.14. The number of nitrogens with zero attached hydrogens (tertiary/aromatic N) is 2. The summed E-state index contributed by atoms with van der Waals surface area (Å²) in [5.74, 6) is -0.252. The van der Waals surface area contributed by atoms with Gasteiger partial charge >= 0.3 is 0 Å². The minimum absolute atomic E-state index is 0.00519. The summed E-state index contributed by atoms with van der Waals surface area (Å²) in [6.45, 7) is 2.23. The summed E-state index contributed by atoms with van der Waals surface area (Å²) in [7, 11) is 1.78. The molecule has 1 aliphatic rings. The molecule has 4 nitrogen and oxygen atoms in total. The third-order valence-electron chi connectivity index (χ3n) is 4.66. The van der Waals surface area contributed by atoms with E-state index in [1.54, 1.807) is 18.0 Å². The number of anilines is 1. The van der Waals surface area contributed by atoms with Crippen molar-refractivity contribution in [3.05, 3.63) is 66.0 Å². The number of para-hydroxylation sites is 1. The molecular formula is C21H25FN2O2. The van der Waals surface area contributed by atoms with Crippen molar-refractivity contribution in [1.29, 1.82) is 0 Å². The Balaban J connectivity index is 1.68. The molecule has 1 amide bonds. The quantitative estimate of drug-likeness (QED) is 0.762. The molecule has 0 radical (unpaired) electrons. The Morgan fingerprint density at radius 1 is 1.19 bits per heavy atom. The van der Waals surface area contributed by atoms with Gasteiger partial charge in [0.1, 0.15) is 5.82 Å². The molecule has 0 aliphatic carbocycles. The molecule has 0 bridgehead atoms. The van der Waals surface area contributed by atoms with E-state index in [4.69, 9.17) is 4.74 Å². The Kier molecular flexibility index (Phi) is 6.36. The number of carbonyl (C=O) groups is 1. The van der Waals surface area contributed by atoms with Crippen LogP contribution < -0.4 is 4.90 Å². The number of rotatable bonds is 7. The first-order chi connectivity index (χ1) is 12.6. The first-order valence-electron chi connectivity index (χ1n) is 9.02. The topological polar surface area (TPSA) is 32.8 Å². The van der Waals surface area contributed by atoms with Crippen molar-refractivity contribution in [2.75, 3.05) is 31.6 Å². The number of benzene rings is 2. The second kappa shape index (κ2) is 8.92. The molecule has 0 aromatic heterocycles. The van der Waals surface area contributed by atoms with Gasteiger partial charge in [-0.3, -0.25) is 9.69 Å². The van der Waals surface area contributed by atoms with Crippen molar-refractivity contribution in [3.63, 3.8) is 0 Å².